The Morgan fingerprint density at radius 2 is 1.41 bits per heavy atom. The van der Waals surface area contributed by atoms with E-state index < -0.39 is 23.5 Å². The minimum absolute atomic E-state index is 0.160. The number of hydrogen-bond donors (Lipinski definition) is 0. The molecular weight excluding hydrogens is 381 g/mol. The summed E-state index contributed by atoms with van der Waals surface area (Å²) >= 11 is 2.14. The van der Waals surface area contributed by atoms with Crippen molar-refractivity contribution in [2.24, 2.45) is 0 Å². The van der Waals surface area contributed by atoms with Crippen molar-refractivity contribution >= 4 is 34.4 Å². The summed E-state index contributed by atoms with van der Waals surface area (Å²) in [4.78, 5) is -0.213. The van der Waals surface area contributed by atoms with E-state index in [0.29, 0.717) is 0 Å². The van der Waals surface area contributed by atoms with Crippen LogP contribution < -0.4 is 0 Å². The van der Waals surface area contributed by atoms with Gasteiger partial charge in [-0.05, 0) is 41.0 Å². The van der Waals surface area contributed by atoms with Crippen LogP contribution in [0.15, 0.2) is 17.0 Å². The molecule has 1 aromatic carbocycles. The van der Waals surface area contributed by atoms with E-state index in [0.717, 1.165) is 17.8 Å². The van der Waals surface area contributed by atoms with Gasteiger partial charge in [-0.25, -0.2) is 0 Å². The lowest BCUT2D eigenvalue weighted by Gasteiger charge is -2.16. The zero-order valence-electron chi connectivity index (χ0n) is 8.21. The quantitative estimate of drug-likeness (QED) is 0.370. The Hall–Kier alpha value is -0.120. The first-order valence-corrected chi connectivity index (χ1v) is 6.39. The minimum Gasteiger partial charge on any atom is -0.166 e. The van der Waals surface area contributed by atoms with Crippen LogP contribution in [0.25, 0.3) is 0 Å². The van der Waals surface area contributed by atoms with Gasteiger partial charge in [0.1, 0.15) is 0 Å². The monoisotopic (exact) mass is 386 g/mol. The van der Waals surface area contributed by atoms with Gasteiger partial charge in [-0.1, -0.05) is 0 Å². The molecule has 0 nitrogen and oxygen atoms in total. The lowest BCUT2D eigenvalue weighted by Crippen LogP contribution is -2.13. The topological polar surface area (TPSA) is 0 Å². The van der Waals surface area contributed by atoms with Crippen LogP contribution in [0.1, 0.15) is 11.1 Å². The highest BCUT2D eigenvalue weighted by Crippen LogP contribution is 2.42. The molecule has 0 heterocycles. The predicted molar refractivity (Wildman–Crippen MR) is 60.9 cm³/mol. The Morgan fingerprint density at radius 3 is 1.76 bits per heavy atom. The van der Waals surface area contributed by atoms with Gasteiger partial charge in [0.2, 0.25) is 0 Å². The van der Waals surface area contributed by atoms with Crippen molar-refractivity contribution in [1.29, 1.82) is 0 Å². The molecule has 96 valence electrons. The minimum atomic E-state index is -4.79. The molecule has 0 fully saturated rings. The molecule has 0 saturated carbocycles. The Kier molecular flexibility index (Phi) is 4.28. The molecule has 0 bridgehead atoms. The smallest absolute Gasteiger partial charge is 0.166 e. The SMILES string of the molecule is CSc1cc(I)c(C(F)(F)F)cc1C(F)(F)F. The summed E-state index contributed by atoms with van der Waals surface area (Å²) in [5.74, 6) is 0. The molecule has 0 amide bonds. The highest BCUT2D eigenvalue weighted by atomic mass is 127. The maximum absolute atomic E-state index is 12.6. The third kappa shape index (κ3) is 3.43. The fourth-order valence-corrected chi connectivity index (χ4v) is 2.78. The van der Waals surface area contributed by atoms with E-state index in [4.69, 9.17) is 0 Å². The van der Waals surface area contributed by atoms with Gasteiger partial charge in [0.15, 0.2) is 0 Å². The molecule has 1 aromatic rings. The summed E-state index contributed by atoms with van der Waals surface area (Å²) in [7, 11) is 0. The summed E-state index contributed by atoms with van der Waals surface area (Å²) < 4.78 is 74.8. The Balaban J connectivity index is 3.49. The van der Waals surface area contributed by atoms with Gasteiger partial charge in [0.25, 0.3) is 0 Å². The lowest BCUT2D eigenvalue weighted by atomic mass is 10.1. The van der Waals surface area contributed by atoms with Crippen molar-refractivity contribution in [3.63, 3.8) is 0 Å². The van der Waals surface area contributed by atoms with Crippen molar-refractivity contribution in [2.45, 2.75) is 17.2 Å². The summed E-state index contributed by atoms with van der Waals surface area (Å²) in [6.45, 7) is 0. The molecule has 0 radical (unpaired) electrons. The Morgan fingerprint density at radius 1 is 0.941 bits per heavy atom. The maximum atomic E-state index is 12.6. The third-order valence-electron chi connectivity index (χ3n) is 1.90. The second-order valence-corrected chi connectivity index (χ2v) is 5.04. The Labute approximate surface area is 111 Å². The van der Waals surface area contributed by atoms with Crippen LogP contribution in [0.4, 0.5) is 26.3 Å². The average Bonchev–Trinajstić information content (AvgIpc) is 2.13. The molecule has 0 spiro atoms. The van der Waals surface area contributed by atoms with Gasteiger partial charge in [0, 0.05) is 8.47 Å². The van der Waals surface area contributed by atoms with Crippen LogP contribution in [0.2, 0.25) is 0 Å². The van der Waals surface area contributed by atoms with Gasteiger partial charge < -0.3 is 0 Å². The highest BCUT2D eigenvalue weighted by Gasteiger charge is 2.39. The first-order valence-electron chi connectivity index (χ1n) is 4.09. The van der Waals surface area contributed by atoms with E-state index in [2.05, 4.69) is 0 Å². The maximum Gasteiger partial charge on any atom is 0.417 e. The highest BCUT2D eigenvalue weighted by molar-refractivity contribution is 14.1. The molecule has 0 atom stereocenters. The van der Waals surface area contributed by atoms with E-state index >= 15 is 0 Å². The summed E-state index contributed by atoms with van der Waals surface area (Å²) in [6, 6.07) is 1.06. The first-order chi connectivity index (χ1) is 7.57. The van der Waals surface area contributed by atoms with Gasteiger partial charge in [-0.2, -0.15) is 26.3 Å². The van der Waals surface area contributed by atoms with Gasteiger partial charge in [0.05, 0.1) is 11.1 Å². The van der Waals surface area contributed by atoms with Gasteiger partial charge >= 0.3 is 12.4 Å². The summed E-state index contributed by atoms with van der Waals surface area (Å²) in [6.07, 6.45) is -8.19. The second-order valence-electron chi connectivity index (χ2n) is 3.03. The third-order valence-corrected chi connectivity index (χ3v) is 3.57. The van der Waals surface area contributed by atoms with E-state index in [1.54, 1.807) is 0 Å². The van der Waals surface area contributed by atoms with E-state index in [1.165, 1.54) is 28.8 Å². The fourth-order valence-electron chi connectivity index (χ4n) is 1.16. The molecule has 0 aliphatic heterocycles. The van der Waals surface area contributed by atoms with E-state index in [9.17, 15) is 26.3 Å². The number of hydrogen-bond acceptors (Lipinski definition) is 1. The summed E-state index contributed by atoms with van der Waals surface area (Å²) in [5, 5.41) is 0. The predicted octanol–water partition coefficient (Wildman–Crippen LogP) is 5.05. The zero-order valence-corrected chi connectivity index (χ0v) is 11.2. The number of benzene rings is 1. The molecule has 0 saturated heterocycles. The largest absolute Gasteiger partial charge is 0.417 e. The molecule has 0 aliphatic rings. The van der Waals surface area contributed by atoms with E-state index in [-0.39, 0.29) is 14.5 Å². The van der Waals surface area contributed by atoms with Gasteiger partial charge in [-0.3, -0.25) is 0 Å². The van der Waals surface area contributed by atoms with Crippen molar-refractivity contribution in [2.75, 3.05) is 6.26 Å². The number of rotatable bonds is 1. The van der Waals surface area contributed by atoms with Crippen molar-refractivity contribution in [1.82, 2.24) is 0 Å². The molecule has 8 heteroatoms. The molecule has 1 rings (SSSR count). The van der Waals surface area contributed by atoms with Crippen LogP contribution in [0.5, 0.6) is 0 Å². The number of thioether (sulfide) groups is 1. The van der Waals surface area contributed by atoms with Crippen molar-refractivity contribution in [3.8, 4) is 0 Å². The van der Waals surface area contributed by atoms with Crippen molar-refractivity contribution < 1.29 is 26.3 Å². The van der Waals surface area contributed by atoms with E-state index in [1.807, 2.05) is 0 Å². The molecule has 17 heavy (non-hydrogen) atoms. The second kappa shape index (κ2) is 4.87. The van der Waals surface area contributed by atoms with Gasteiger partial charge in [-0.15, -0.1) is 11.8 Å². The molecule has 0 N–H and O–H groups in total. The van der Waals surface area contributed by atoms with Crippen LogP contribution in [-0.4, -0.2) is 6.26 Å². The molecule has 0 aliphatic carbocycles. The molecule has 0 aromatic heterocycles. The van der Waals surface area contributed by atoms with Crippen LogP contribution in [0.3, 0.4) is 0 Å². The number of alkyl halides is 6. The molecule has 0 unspecified atom stereocenters. The van der Waals surface area contributed by atoms with Crippen LogP contribution in [-0.2, 0) is 12.4 Å². The number of halogens is 7. The van der Waals surface area contributed by atoms with Crippen LogP contribution >= 0.6 is 34.4 Å². The standard InChI is InChI=1S/C9H5F6IS/c1-17-7-3-6(16)4(8(10,11)12)2-5(7)9(13,14)15/h2-3H,1H3. The lowest BCUT2D eigenvalue weighted by molar-refractivity contribution is -0.144. The molecular formula is C9H5F6IS. The normalized spacial score (nSPS) is 12.9. The Bertz CT molecular complexity index is 423. The zero-order chi connectivity index (χ0) is 13.4. The van der Waals surface area contributed by atoms with Crippen molar-refractivity contribution in [3.05, 3.63) is 26.8 Å². The average molecular weight is 386 g/mol. The fraction of sp³-hybridized carbons (Fsp3) is 0.333. The summed E-state index contributed by atoms with van der Waals surface area (Å²) in [5.41, 5.74) is -2.51. The van der Waals surface area contributed by atoms with Crippen LogP contribution in [0, 0.1) is 3.57 Å². The first kappa shape index (κ1) is 14.9.